The third-order valence-electron chi connectivity index (χ3n) is 2.32. The van der Waals surface area contributed by atoms with Gasteiger partial charge in [-0.3, -0.25) is 0 Å². The predicted octanol–water partition coefficient (Wildman–Crippen LogP) is 2.33. The standard InChI is InChI=1S/C12H14FN3OS/c1-17-7-6-14-12-16-15-11(18-12)8-9-2-4-10(13)5-3-9/h2-5H,6-8H2,1H3,(H,14,16). The van der Waals surface area contributed by atoms with Gasteiger partial charge in [0, 0.05) is 20.1 Å². The fourth-order valence-electron chi connectivity index (χ4n) is 1.43. The Bertz CT molecular complexity index is 486. The van der Waals surface area contributed by atoms with Crippen molar-refractivity contribution in [3.8, 4) is 0 Å². The number of halogens is 1. The second kappa shape index (κ2) is 6.42. The van der Waals surface area contributed by atoms with Crippen molar-refractivity contribution in [3.63, 3.8) is 0 Å². The Morgan fingerprint density at radius 2 is 2.06 bits per heavy atom. The zero-order valence-electron chi connectivity index (χ0n) is 10.0. The first-order chi connectivity index (χ1) is 8.78. The quantitative estimate of drug-likeness (QED) is 0.816. The molecule has 0 spiro atoms. The third-order valence-corrected chi connectivity index (χ3v) is 3.20. The Hall–Kier alpha value is -1.53. The van der Waals surface area contributed by atoms with Gasteiger partial charge in [-0.05, 0) is 17.7 Å². The molecule has 18 heavy (non-hydrogen) atoms. The second-order valence-electron chi connectivity index (χ2n) is 3.72. The smallest absolute Gasteiger partial charge is 0.205 e. The number of benzene rings is 1. The van der Waals surface area contributed by atoms with Gasteiger partial charge in [-0.15, -0.1) is 10.2 Å². The largest absolute Gasteiger partial charge is 0.383 e. The number of ether oxygens (including phenoxy) is 1. The number of hydrogen-bond acceptors (Lipinski definition) is 5. The maximum atomic E-state index is 12.8. The minimum Gasteiger partial charge on any atom is -0.383 e. The molecule has 1 aromatic carbocycles. The van der Waals surface area contributed by atoms with Crippen molar-refractivity contribution in [1.82, 2.24) is 10.2 Å². The molecule has 2 rings (SSSR count). The molecular weight excluding hydrogens is 253 g/mol. The van der Waals surface area contributed by atoms with E-state index >= 15 is 0 Å². The monoisotopic (exact) mass is 267 g/mol. The Morgan fingerprint density at radius 1 is 1.28 bits per heavy atom. The average molecular weight is 267 g/mol. The minimum atomic E-state index is -0.224. The van der Waals surface area contributed by atoms with Crippen LogP contribution in [0, 0.1) is 5.82 Å². The Labute approximate surface area is 109 Å². The first-order valence-electron chi connectivity index (χ1n) is 5.57. The van der Waals surface area contributed by atoms with Crippen LogP contribution in [0.25, 0.3) is 0 Å². The van der Waals surface area contributed by atoms with Gasteiger partial charge in [0.2, 0.25) is 5.13 Å². The lowest BCUT2D eigenvalue weighted by atomic mass is 10.2. The molecule has 1 heterocycles. The summed E-state index contributed by atoms with van der Waals surface area (Å²) < 4.78 is 17.7. The highest BCUT2D eigenvalue weighted by Gasteiger charge is 2.04. The number of aromatic nitrogens is 2. The van der Waals surface area contributed by atoms with Crippen LogP contribution in [0.4, 0.5) is 9.52 Å². The number of rotatable bonds is 6. The molecule has 4 nitrogen and oxygen atoms in total. The molecule has 6 heteroatoms. The van der Waals surface area contributed by atoms with E-state index in [0.717, 1.165) is 15.7 Å². The first kappa shape index (κ1) is 12.9. The Kier molecular flexibility index (Phi) is 4.60. The summed E-state index contributed by atoms with van der Waals surface area (Å²) in [5, 5.41) is 12.9. The van der Waals surface area contributed by atoms with Crippen LogP contribution < -0.4 is 5.32 Å². The normalized spacial score (nSPS) is 10.6. The summed E-state index contributed by atoms with van der Waals surface area (Å²) in [6.07, 6.45) is 0.671. The van der Waals surface area contributed by atoms with Gasteiger partial charge in [0.05, 0.1) is 6.61 Å². The van der Waals surface area contributed by atoms with Crippen LogP contribution >= 0.6 is 11.3 Å². The molecule has 1 aromatic heterocycles. The molecule has 1 N–H and O–H groups in total. The fourth-order valence-corrected chi connectivity index (χ4v) is 2.23. The van der Waals surface area contributed by atoms with Crippen LogP contribution in [-0.4, -0.2) is 30.5 Å². The maximum Gasteiger partial charge on any atom is 0.205 e. The highest BCUT2D eigenvalue weighted by atomic mass is 32.1. The van der Waals surface area contributed by atoms with Crippen LogP contribution in [0.3, 0.4) is 0 Å². The lowest BCUT2D eigenvalue weighted by Crippen LogP contribution is -2.06. The first-order valence-corrected chi connectivity index (χ1v) is 6.39. The van der Waals surface area contributed by atoms with E-state index in [0.29, 0.717) is 19.6 Å². The van der Waals surface area contributed by atoms with Gasteiger partial charge in [0.1, 0.15) is 10.8 Å². The minimum absolute atomic E-state index is 0.224. The molecule has 0 atom stereocenters. The van der Waals surface area contributed by atoms with Crippen LogP contribution in [0.1, 0.15) is 10.6 Å². The molecule has 0 aliphatic carbocycles. The average Bonchev–Trinajstić information content (AvgIpc) is 2.80. The van der Waals surface area contributed by atoms with Gasteiger partial charge in [-0.25, -0.2) is 4.39 Å². The van der Waals surface area contributed by atoms with Crippen molar-refractivity contribution in [2.75, 3.05) is 25.6 Å². The van der Waals surface area contributed by atoms with Crippen molar-refractivity contribution in [3.05, 3.63) is 40.7 Å². The molecule has 0 aliphatic rings. The number of methoxy groups -OCH3 is 1. The summed E-state index contributed by atoms with van der Waals surface area (Å²) in [5.74, 6) is -0.224. The predicted molar refractivity (Wildman–Crippen MR) is 69.5 cm³/mol. The van der Waals surface area contributed by atoms with Crippen LogP contribution in [0.15, 0.2) is 24.3 Å². The molecule has 0 amide bonds. The van der Waals surface area contributed by atoms with Crippen LogP contribution in [0.2, 0.25) is 0 Å². The summed E-state index contributed by atoms with van der Waals surface area (Å²) in [5.41, 5.74) is 1.02. The van der Waals surface area contributed by atoms with Crippen LogP contribution in [0.5, 0.6) is 0 Å². The third kappa shape index (κ3) is 3.75. The van der Waals surface area contributed by atoms with E-state index in [2.05, 4.69) is 15.5 Å². The van der Waals surface area contributed by atoms with E-state index in [-0.39, 0.29) is 5.82 Å². The van der Waals surface area contributed by atoms with Crippen LogP contribution in [-0.2, 0) is 11.2 Å². The van der Waals surface area contributed by atoms with Gasteiger partial charge in [0.25, 0.3) is 0 Å². The second-order valence-corrected chi connectivity index (χ2v) is 4.79. The molecule has 0 saturated carbocycles. The topological polar surface area (TPSA) is 47.0 Å². The number of nitrogens with zero attached hydrogens (tertiary/aromatic N) is 2. The summed E-state index contributed by atoms with van der Waals surface area (Å²) in [7, 11) is 1.65. The van der Waals surface area contributed by atoms with E-state index in [1.165, 1.54) is 23.5 Å². The number of hydrogen-bond donors (Lipinski definition) is 1. The molecule has 0 fully saturated rings. The Morgan fingerprint density at radius 3 is 2.78 bits per heavy atom. The van der Waals surface area contributed by atoms with Crippen molar-refractivity contribution in [1.29, 1.82) is 0 Å². The molecule has 0 unspecified atom stereocenters. The SMILES string of the molecule is COCCNc1nnc(Cc2ccc(F)cc2)s1. The van der Waals surface area contributed by atoms with E-state index in [9.17, 15) is 4.39 Å². The van der Waals surface area contributed by atoms with Gasteiger partial charge in [-0.1, -0.05) is 23.5 Å². The van der Waals surface area contributed by atoms with E-state index in [1.807, 2.05) is 0 Å². The van der Waals surface area contributed by atoms with Gasteiger partial charge in [0.15, 0.2) is 0 Å². The molecule has 2 aromatic rings. The van der Waals surface area contributed by atoms with Gasteiger partial charge in [-0.2, -0.15) is 0 Å². The zero-order valence-corrected chi connectivity index (χ0v) is 10.8. The summed E-state index contributed by atoms with van der Waals surface area (Å²) in [4.78, 5) is 0. The zero-order chi connectivity index (χ0) is 12.8. The van der Waals surface area contributed by atoms with E-state index in [4.69, 9.17) is 4.74 Å². The van der Waals surface area contributed by atoms with E-state index < -0.39 is 0 Å². The summed E-state index contributed by atoms with van der Waals surface area (Å²) >= 11 is 1.50. The summed E-state index contributed by atoms with van der Waals surface area (Å²) in [6.45, 7) is 1.34. The number of anilines is 1. The molecule has 0 aliphatic heterocycles. The van der Waals surface area contributed by atoms with Crippen molar-refractivity contribution < 1.29 is 9.13 Å². The van der Waals surface area contributed by atoms with E-state index in [1.54, 1.807) is 19.2 Å². The van der Waals surface area contributed by atoms with Crippen molar-refractivity contribution in [2.45, 2.75) is 6.42 Å². The maximum absolute atomic E-state index is 12.8. The molecule has 0 saturated heterocycles. The lowest BCUT2D eigenvalue weighted by molar-refractivity contribution is 0.211. The molecule has 0 bridgehead atoms. The lowest BCUT2D eigenvalue weighted by Gasteiger charge is -1.99. The highest BCUT2D eigenvalue weighted by Crippen LogP contribution is 2.18. The summed E-state index contributed by atoms with van der Waals surface area (Å²) in [6, 6.07) is 6.42. The molecule has 0 radical (unpaired) electrons. The van der Waals surface area contributed by atoms with Gasteiger partial charge < -0.3 is 10.1 Å². The van der Waals surface area contributed by atoms with Crippen molar-refractivity contribution >= 4 is 16.5 Å². The highest BCUT2D eigenvalue weighted by molar-refractivity contribution is 7.15. The number of nitrogens with one attached hydrogen (secondary N) is 1. The molecular formula is C12H14FN3OS. The Balaban J connectivity index is 1.91. The molecule has 96 valence electrons. The van der Waals surface area contributed by atoms with Gasteiger partial charge >= 0.3 is 0 Å². The van der Waals surface area contributed by atoms with Crippen molar-refractivity contribution in [2.24, 2.45) is 0 Å². The fraction of sp³-hybridized carbons (Fsp3) is 0.333.